The van der Waals surface area contributed by atoms with E-state index in [1.54, 1.807) is 6.07 Å². The highest BCUT2D eigenvalue weighted by Crippen LogP contribution is 2.30. The number of esters is 1. The Morgan fingerprint density at radius 2 is 2.12 bits per heavy atom. The van der Waals surface area contributed by atoms with Crippen LogP contribution < -0.4 is 5.73 Å². The van der Waals surface area contributed by atoms with Gasteiger partial charge in [0.05, 0.1) is 13.2 Å². The molecule has 3 saturated heterocycles. The van der Waals surface area contributed by atoms with Crippen LogP contribution in [-0.2, 0) is 14.3 Å². The molecule has 4 aliphatic rings. The van der Waals surface area contributed by atoms with Gasteiger partial charge >= 0.3 is 5.97 Å². The third-order valence-electron chi connectivity index (χ3n) is 5.71. The first-order chi connectivity index (χ1) is 12.6. The van der Waals surface area contributed by atoms with Crippen molar-refractivity contribution in [3.8, 4) is 0 Å². The Kier molecular flexibility index (Phi) is 4.78. The Balaban J connectivity index is 1.45. The molecule has 2 bridgehead atoms. The molecule has 5 rings (SSSR count). The Bertz CT molecular complexity index is 751. The lowest BCUT2D eigenvalue weighted by atomic mass is 9.86. The van der Waals surface area contributed by atoms with Gasteiger partial charge in [0.25, 0.3) is 0 Å². The van der Waals surface area contributed by atoms with Crippen molar-refractivity contribution >= 4 is 22.9 Å². The van der Waals surface area contributed by atoms with Crippen molar-refractivity contribution in [1.82, 2.24) is 4.90 Å². The Hall–Kier alpha value is -2.18. The number of ether oxygens (including phenoxy) is 2. The van der Waals surface area contributed by atoms with E-state index in [1.165, 1.54) is 5.57 Å². The molecule has 0 radical (unpaired) electrons. The first-order valence-corrected chi connectivity index (χ1v) is 9.31. The van der Waals surface area contributed by atoms with Gasteiger partial charge in [-0.3, -0.25) is 10.3 Å². The van der Waals surface area contributed by atoms with Crippen molar-refractivity contribution in [1.29, 1.82) is 5.41 Å². The number of nitrogens with zero attached hydrogens (tertiary/aromatic N) is 1. The van der Waals surface area contributed by atoms with Gasteiger partial charge < -0.3 is 15.2 Å². The van der Waals surface area contributed by atoms with Crippen molar-refractivity contribution < 1.29 is 14.3 Å². The number of piperidine rings is 3. The van der Waals surface area contributed by atoms with Crippen molar-refractivity contribution in [2.24, 2.45) is 5.92 Å². The van der Waals surface area contributed by atoms with Crippen LogP contribution in [0, 0.1) is 11.3 Å². The Morgan fingerprint density at radius 1 is 1.31 bits per heavy atom. The average Bonchev–Trinajstić information content (AvgIpc) is 2.69. The van der Waals surface area contributed by atoms with Crippen molar-refractivity contribution in [3.05, 3.63) is 35.4 Å². The van der Waals surface area contributed by atoms with Crippen LogP contribution in [0.1, 0.15) is 30.4 Å². The molecule has 138 valence electrons. The third-order valence-corrected chi connectivity index (χ3v) is 5.71. The monoisotopic (exact) mass is 355 g/mol. The maximum absolute atomic E-state index is 12.5. The molecule has 3 fully saturated rings. The van der Waals surface area contributed by atoms with Crippen LogP contribution >= 0.6 is 0 Å². The van der Waals surface area contributed by atoms with Gasteiger partial charge in [-0.25, -0.2) is 4.79 Å². The largest absolute Gasteiger partial charge is 0.456 e. The summed E-state index contributed by atoms with van der Waals surface area (Å²) in [6.45, 7) is 4.28. The summed E-state index contributed by atoms with van der Waals surface area (Å²) in [5.74, 6) is -0.148. The first kappa shape index (κ1) is 17.2. The van der Waals surface area contributed by atoms with E-state index in [4.69, 9.17) is 20.6 Å². The lowest BCUT2D eigenvalue weighted by Crippen LogP contribution is -2.52. The summed E-state index contributed by atoms with van der Waals surface area (Å²) in [5, 5.41) is 8.24. The third kappa shape index (κ3) is 3.39. The smallest absolute Gasteiger partial charge is 0.357 e. The molecule has 26 heavy (non-hydrogen) atoms. The van der Waals surface area contributed by atoms with Crippen molar-refractivity contribution in [2.45, 2.75) is 25.4 Å². The fourth-order valence-corrected chi connectivity index (χ4v) is 4.13. The molecule has 1 aromatic carbocycles. The molecule has 1 aromatic rings. The summed E-state index contributed by atoms with van der Waals surface area (Å²) < 4.78 is 11.0. The zero-order chi connectivity index (χ0) is 18.1. The molecule has 4 aliphatic heterocycles. The van der Waals surface area contributed by atoms with Crippen LogP contribution in [0.15, 0.2) is 24.3 Å². The SMILES string of the molecule is N=C(C(=O)O[C@@H]1CN2CCC1CC2)c1ccc(C2=CCOCC2)cc1N. The number of nitrogens with one attached hydrogen (secondary N) is 1. The molecule has 0 saturated carbocycles. The number of hydrogen-bond acceptors (Lipinski definition) is 6. The van der Waals surface area contributed by atoms with Gasteiger partial charge in [0.15, 0.2) is 0 Å². The van der Waals surface area contributed by atoms with Gasteiger partial charge in [-0.1, -0.05) is 12.1 Å². The number of carbonyl (C=O) groups is 1. The minimum absolute atomic E-state index is 0.0988. The minimum Gasteiger partial charge on any atom is -0.456 e. The summed E-state index contributed by atoms with van der Waals surface area (Å²) in [4.78, 5) is 14.8. The van der Waals surface area contributed by atoms with Crippen molar-refractivity contribution in [2.75, 3.05) is 38.6 Å². The van der Waals surface area contributed by atoms with Crippen LogP contribution in [0.3, 0.4) is 0 Å². The van der Waals surface area contributed by atoms with E-state index in [0.717, 1.165) is 44.5 Å². The standard InChI is InChI=1S/C20H25N3O3/c21-17-11-15(13-5-9-25-10-6-13)1-2-16(17)19(22)20(24)26-18-12-23-7-3-14(18)4-8-23/h1-2,5,11,14,18,22H,3-4,6-10,12,21H2/t18-/m1/s1. The fraction of sp³-hybridized carbons (Fsp3) is 0.500. The van der Waals surface area contributed by atoms with Gasteiger partial charge in [0.2, 0.25) is 0 Å². The Morgan fingerprint density at radius 3 is 2.73 bits per heavy atom. The number of carbonyl (C=O) groups excluding carboxylic acids is 1. The van der Waals surface area contributed by atoms with E-state index < -0.39 is 5.97 Å². The zero-order valence-electron chi connectivity index (χ0n) is 14.9. The Labute approximate surface area is 153 Å². The normalized spacial score (nSPS) is 27.7. The summed E-state index contributed by atoms with van der Waals surface area (Å²) in [6, 6.07) is 5.50. The lowest BCUT2D eigenvalue weighted by Gasteiger charge is -2.43. The van der Waals surface area contributed by atoms with E-state index in [9.17, 15) is 4.79 Å². The molecular formula is C20H25N3O3. The predicted molar refractivity (Wildman–Crippen MR) is 100 cm³/mol. The number of nitrogens with two attached hydrogens (primary N) is 1. The molecule has 0 aliphatic carbocycles. The summed E-state index contributed by atoms with van der Waals surface area (Å²) in [7, 11) is 0. The second kappa shape index (κ2) is 7.21. The maximum atomic E-state index is 12.5. The van der Waals surface area contributed by atoms with Gasteiger partial charge in [-0.15, -0.1) is 0 Å². The van der Waals surface area contributed by atoms with Gasteiger partial charge in [0.1, 0.15) is 11.8 Å². The van der Waals surface area contributed by atoms with Crippen molar-refractivity contribution in [3.63, 3.8) is 0 Å². The van der Waals surface area contributed by atoms with Gasteiger partial charge in [0, 0.05) is 17.8 Å². The van der Waals surface area contributed by atoms with E-state index in [0.29, 0.717) is 30.4 Å². The molecule has 3 N–H and O–H groups in total. The van der Waals surface area contributed by atoms with Gasteiger partial charge in [-0.05, 0) is 61.5 Å². The summed E-state index contributed by atoms with van der Waals surface area (Å²) in [6.07, 6.45) is 4.93. The molecule has 0 aromatic heterocycles. The van der Waals surface area contributed by atoms with Crippen LogP contribution in [-0.4, -0.2) is 55.5 Å². The molecular weight excluding hydrogens is 330 g/mol. The highest BCUT2D eigenvalue weighted by atomic mass is 16.5. The quantitative estimate of drug-likeness (QED) is 0.490. The number of nitrogen functional groups attached to an aromatic ring is 1. The van der Waals surface area contributed by atoms with Gasteiger partial charge in [-0.2, -0.15) is 0 Å². The predicted octanol–water partition coefficient (Wildman–Crippen LogP) is 2.08. The molecule has 0 amide bonds. The molecule has 4 heterocycles. The lowest BCUT2D eigenvalue weighted by molar-refractivity contribution is -0.150. The van der Waals surface area contributed by atoms with E-state index in [1.807, 2.05) is 18.2 Å². The van der Waals surface area contributed by atoms with Crippen LogP contribution in [0.25, 0.3) is 5.57 Å². The van der Waals surface area contributed by atoms with Crippen LogP contribution in [0.4, 0.5) is 5.69 Å². The summed E-state index contributed by atoms with van der Waals surface area (Å²) >= 11 is 0. The number of anilines is 1. The zero-order valence-corrected chi connectivity index (χ0v) is 14.9. The summed E-state index contributed by atoms with van der Waals surface area (Å²) in [5.41, 5.74) is 9.07. The number of hydrogen-bond donors (Lipinski definition) is 2. The maximum Gasteiger partial charge on any atom is 0.357 e. The van der Waals surface area contributed by atoms with Crippen LogP contribution in [0.5, 0.6) is 0 Å². The molecule has 0 spiro atoms. The fourth-order valence-electron chi connectivity index (χ4n) is 4.13. The van der Waals surface area contributed by atoms with Crippen LogP contribution in [0.2, 0.25) is 0 Å². The average molecular weight is 355 g/mol. The minimum atomic E-state index is -0.575. The number of benzene rings is 1. The highest BCUT2D eigenvalue weighted by molar-refractivity contribution is 6.43. The number of rotatable bonds is 4. The first-order valence-electron chi connectivity index (χ1n) is 9.31. The van der Waals surface area contributed by atoms with E-state index in [2.05, 4.69) is 4.90 Å². The molecule has 1 atom stereocenters. The molecule has 6 nitrogen and oxygen atoms in total. The molecule has 6 heteroatoms. The topological polar surface area (TPSA) is 88.6 Å². The highest BCUT2D eigenvalue weighted by Gasteiger charge is 2.37. The molecule has 0 unspecified atom stereocenters. The van der Waals surface area contributed by atoms with E-state index in [-0.39, 0.29) is 11.8 Å². The second-order valence-corrected chi connectivity index (χ2v) is 7.31. The second-order valence-electron chi connectivity index (χ2n) is 7.31. The number of fused-ring (bicyclic) bond motifs is 3. The van der Waals surface area contributed by atoms with E-state index >= 15 is 0 Å².